The van der Waals surface area contributed by atoms with Gasteiger partial charge in [0.05, 0.1) is 4.90 Å². The molecule has 2 rings (SSSR count). The lowest BCUT2D eigenvalue weighted by Gasteiger charge is -2.38. The van der Waals surface area contributed by atoms with Crippen molar-refractivity contribution in [1.82, 2.24) is 4.72 Å². The molecule has 0 aliphatic heterocycles. The van der Waals surface area contributed by atoms with Crippen molar-refractivity contribution in [3.05, 3.63) is 28.7 Å². The average Bonchev–Trinajstić information content (AvgIpc) is 2.24. The molecule has 0 spiro atoms. The van der Waals surface area contributed by atoms with Crippen LogP contribution in [0.1, 0.15) is 26.2 Å². The van der Waals surface area contributed by atoms with Crippen molar-refractivity contribution in [1.29, 1.82) is 0 Å². The molecule has 1 aromatic rings. The van der Waals surface area contributed by atoms with Gasteiger partial charge in [-0.15, -0.1) is 0 Å². The number of nitrogens with one attached hydrogen (secondary N) is 1. The van der Waals surface area contributed by atoms with Crippen molar-refractivity contribution in [3.63, 3.8) is 0 Å². The summed E-state index contributed by atoms with van der Waals surface area (Å²) < 4.78 is 27.5. The molecule has 0 unspecified atom stereocenters. The van der Waals surface area contributed by atoms with Crippen LogP contribution in [0.4, 0.5) is 0 Å². The number of halogens is 1. The number of hydrogen-bond donors (Lipinski definition) is 1. The van der Waals surface area contributed by atoms with Gasteiger partial charge >= 0.3 is 0 Å². The minimum absolute atomic E-state index is 0.147. The number of rotatable bonds is 4. The van der Waals surface area contributed by atoms with Crippen molar-refractivity contribution in [3.8, 4) is 0 Å². The van der Waals surface area contributed by atoms with E-state index in [4.69, 9.17) is 0 Å². The topological polar surface area (TPSA) is 46.2 Å². The fourth-order valence-corrected chi connectivity index (χ4v) is 4.17. The summed E-state index contributed by atoms with van der Waals surface area (Å²) in [6.07, 6.45) is 3.41. The molecule has 0 amide bonds. The van der Waals surface area contributed by atoms with E-state index in [0.717, 1.165) is 12.8 Å². The van der Waals surface area contributed by atoms with Gasteiger partial charge in [0.2, 0.25) is 10.0 Å². The van der Waals surface area contributed by atoms with E-state index < -0.39 is 10.0 Å². The van der Waals surface area contributed by atoms with Crippen molar-refractivity contribution < 1.29 is 8.42 Å². The van der Waals surface area contributed by atoms with E-state index in [0.29, 0.717) is 15.9 Å². The van der Waals surface area contributed by atoms with Crippen LogP contribution >= 0.6 is 15.9 Å². The second-order valence-electron chi connectivity index (χ2n) is 4.92. The normalized spacial score (nSPS) is 18.7. The van der Waals surface area contributed by atoms with E-state index in [1.165, 1.54) is 6.42 Å². The largest absolute Gasteiger partial charge is 0.241 e. The second kappa shape index (κ2) is 4.71. The molecule has 1 saturated carbocycles. The molecular weight excluding hydrogens is 302 g/mol. The van der Waals surface area contributed by atoms with Gasteiger partial charge in [-0.1, -0.05) is 25.5 Å². The predicted molar refractivity (Wildman–Crippen MR) is 71.3 cm³/mol. The Balaban J connectivity index is 2.12. The van der Waals surface area contributed by atoms with Crippen molar-refractivity contribution in [2.24, 2.45) is 5.41 Å². The zero-order valence-corrected chi connectivity index (χ0v) is 12.1. The average molecular weight is 318 g/mol. The lowest BCUT2D eigenvalue weighted by atomic mass is 9.71. The highest BCUT2D eigenvalue weighted by atomic mass is 79.9. The number of sulfonamides is 1. The highest BCUT2D eigenvalue weighted by Crippen LogP contribution is 2.39. The van der Waals surface area contributed by atoms with Gasteiger partial charge < -0.3 is 0 Å². The van der Waals surface area contributed by atoms with Gasteiger partial charge in [0, 0.05) is 11.0 Å². The Morgan fingerprint density at radius 2 is 2.00 bits per heavy atom. The summed E-state index contributed by atoms with van der Waals surface area (Å²) in [5.74, 6) is 0. The first-order valence-corrected chi connectivity index (χ1v) is 7.95. The molecule has 1 aliphatic carbocycles. The molecule has 1 aliphatic rings. The van der Waals surface area contributed by atoms with E-state index in [1.54, 1.807) is 24.3 Å². The quantitative estimate of drug-likeness (QED) is 0.928. The Kier molecular flexibility index (Phi) is 3.61. The van der Waals surface area contributed by atoms with Gasteiger partial charge in [-0.2, -0.15) is 0 Å². The molecular formula is C12H16BrNO2S. The standard InChI is InChI=1S/C12H16BrNO2S/c1-12(7-4-8-12)9-14-17(15,16)11-6-3-2-5-10(11)13/h2-3,5-6,14H,4,7-9H2,1H3. The Labute approximate surface area is 111 Å². The van der Waals surface area contributed by atoms with Crippen molar-refractivity contribution >= 4 is 26.0 Å². The van der Waals surface area contributed by atoms with Gasteiger partial charge in [-0.25, -0.2) is 13.1 Å². The lowest BCUT2D eigenvalue weighted by Crippen LogP contribution is -2.39. The van der Waals surface area contributed by atoms with E-state index in [-0.39, 0.29) is 5.41 Å². The first kappa shape index (κ1) is 13.1. The van der Waals surface area contributed by atoms with Crippen LogP contribution in [-0.4, -0.2) is 15.0 Å². The minimum Gasteiger partial charge on any atom is -0.211 e. The lowest BCUT2D eigenvalue weighted by molar-refractivity contribution is 0.166. The van der Waals surface area contributed by atoms with Crippen LogP contribution in [0.15, 0.2) is 33.6 Å². The maximum Gasteiger partial charge on any atom is 0.241 e. The van der Waals surface area contributed by atoms with Crippen LogP contribution in [0.3, 0.4) is 0 Å². The van der Waals surface area contributed by atoms with E-state index in [2.05, 4.69) is 27.6 Å². The molecule has 1 aromatic carbocycles. The molecule has 17 heavy (non-hydrogen) atoms. The molecule has 1 fully saturated rings. The SMILES string of the molecule is CC1(CNS(=O)(=O)c2ccccc2Br)CCC1. The maximum atomic E-state index is 12.1. The summed E-state index contributed by atoms with van der Waals surface area (Å²) in [6, 6.07) is 6.87. The first-order chi connectivity index (χ1) is 7.93. The summed E-state index contributed by atoms with van der Waals surface area (Å²) in [5, 5.41) is 0. The molecule has 5 heteroatoms. The van der Waals surface area contributed by atoms with Gasteiger partial charge in [0.1, 0.15) is 0 Å². The molecule has 3 nitrogen and oxygen atoms in total. The zero-order chi connectivity index (χ0) is 12.5. The summed E-state index contributed by atoms with van der Waals surface area (Å²) in [6.45, 7) is 2.65. The summed E-state index contributed by atoms with van der Waals surface area (Å²) in [4.78, 5) is 0.308. The monoisotopic (exact) mass is 317 g/mol. The maximum absolute atomic E-state index is 12.1. The van der Waals surface area contributed by atoms with Crippen LogP contribution in [0.25, 0.3) is 0 Å². The van der Waals surface area contributed by atoms with Crippen molar-refractivity contribution in [2.75, 3.05) is 6.54 Å². The van der Waals surface area contributed by atoms with Crippen LogP contribution in [0, 0.1) is 5.41 Å². The molecule has 0 heterocycles. The molecule has 0 radical (unpaired) electrons. The van der Waals surface area contributed by atoms with Crippen LogP contribution in [0.2, 0.25) is 0 Å². The Morgan fingerprint density at radius 3 is 2.53 bits per heavy atom. The number of benzene rings is 1. The van der Waals surface area contributed by atoms with Crippen LogP contribution in [0.5, 0.6) is 0 Å². The second-order valence-corrected chi connectivity index (χ2v) is 7.51. The van der Waals surface area contributed by atoms with Gasteiger partial charge in [0.25, 0.3) is 0 Å². The third-order valence-electron chi connectivity index (χ3n) is 3.38. The molecule has 94 valence electrons. The molecule has 0 atom stereocenters. The predicted octanol–water partition coefficient (Wildman–Crippen LogP) is 2.92. The molecule has 1 N–H and O–H groups in total. The molecule has 0 bridgehead atoms. The summed E-state index contributed by atoms with van der Waals surface area (Å²) in [7, 11) is -3.40. The van der Waals surface area contributed by atoms with E-state index in [9.17, 15) is 8.42 Å². The fraction of sp³-hybridized carbons (Fsp3) is 0.500. The summed E-state index contributed by atoms with van der Waals surface area (Å²) >= 11 is 3.26. The zero-order valence-electron chi connectivity index (χ0n) is 9.74. The van der Waals surface area contributed by atoms with Crippen LogP contribution in [-0.2, 0) is 10.0 Å². The van der Waals surface area contributed by atoms with Crippen LogP contribution < -0.4 is 4.72 Å². The van der Waals surface area contributed by atoms with Crippen molar-refractivity contribution in [2.45, 2.75) is 31.1 Å². The smallest absolute Gasteiger partial charge is 0.211 e. The minimum atomic E-state index is -3.40. The van der Waals surface area contributed by atoms with Gasteiger partial charge in [0.15, 0.2) is 0 Å². The van der Waals surface area contributed by atoms with E-state index in [1.807, 2.05) is 0 Å². The molecule has 0 aromatic heterocycles. The third-order valence-corrected chi connectivity index (χ3v) is 5.79. The highest BCUT2D eigenvalue weighted by molar-refractivity contribution is 9.10. The fourth-order valence-electron chi connectivity index (χ4n) is 1.97. The first-order valence-electron chi connectivity index (χ1n) is 5.67. The summed E-state index contributed by atoms with van der Waals surface area (Å²) in [5.41, 5.74) is 0.147. The third kappa shape index (κ3) is 2.89. The van der Waals surface area contributed by atoms with E-state index >= 15 is 0 Å². The Bertz CT molecular complexity index is 509. The number of hydrogen-bond acceptors (Lipinski definition) is 2. The van der Waals surface area contributed by atoms with Gasteiger partial charge in [-0.05, 0) is 46.3 Å². The molecule has 0 saturated heterocycles. The van der Waals surface area contributed by atoms with Gasteiger partial charge in [-0.3, -0.25) is 0 Å². The highest BCUT2D eigenvalue weighted by Gasteiger charge is 2.33. The Hall–Kier alpha value is -0.390. The Morgan fingerprint density at radius 1 is 1.35 bits per heavy atom.